The van der Waals surface area contributed by atoms with Gasteiger partial charge in [-0.2, -0.15) is 0 Å². The Bertz CT molecular complexity index is 723. The summed E-state index contributed by atoms with van der Waals surface area (Å²) in [7, 11) is 0. The van der Waals surface area contributed by atoms with Crippen LogP contribution in [0, 0.1) is 0 Å². The van der Waals surface area contributed by atoms with Gasteiger partial charge >= 0.3 is 0 Å². The molecule has 0 aliphatic carbocycles. The van der Waals surface area contributed by atoms with Gasteiger partial charge in [-0.1, -0.05) is 49.4 Å². The first-order valence-electron chi connectivity index (χ1n) is 8.04. The predicted molar refractivity (Wildman–Crippen MR) is 97.8 cm³/mol. The summed E-state index contributed by atoms with van der Waals surface area (Å²) in [5, 5.41) is 5.68. The van der Waals surface area contributed by atoms with Crippen molar-refractivity contribution in [1.82, 2.24) is 5.32 Å². The Kier molecular flexibility index (Phi) is 6.32. The predicted octanol–water partition coefficient (Wildman–Crippen LogP) is 3.87. The summed E-state index contributed by atoms with van der Waals surface area (Å²) in [6.45, 7) is 3.95. The van der Waals surface area contributed by atoms with Crippen LogP contribution >= 0.6 is 0 Å². The Morgan fingerprint density at radius 3 is 2.42 bits per heavy atom. The zero-order valence-corrected chi connectivity index (χ0v) is 14.0. The molecule has 24 heavy (non-hydrogen) atoms. The maximum Gasteiger partial charge on any atom is 0.253 e. The third-order valence-corrected chi connectivity index (χ3v) is 3.65. The highest BCUT2D eigenvalue weighted by molar-refractivity contribution is 6.07. The Labute approximate surface area is 142 Å². The first-order valence-corrected chi connectivity index (χ1v) is 8.04. The molecular formula is C20H22N2O2. The summed E-state index contributed by atoms with van der Waals surface area (Å²) in [4.78, 5) is 24.4. The van der Waals surface area contributed by atoms with Crippen LogP contribution in [0.2, 0.25) is 0 Å². The molecule has 2 rings (SSSR count). The molecule has 0 aliphatic heterocycles. The molecule has 2 amide bonds. The van der Waals surface area contributed by atoms with Crippen LogP contribution in [0.15, 0.2) is 60.7 Å². The normalized spacial score (nSPS) is 11.9. The van der Waals surface area contributed by atoms with Crippen LogP contribution in [0.25, 0.3) is 6.08 Å². The Hall–Kier alpha value is -2.88. The van der Waals surface area contributed by atoms with E-state index in [1.54, 1.807) is 30.3 Å². The summed E-state index contributed by atoms with van der Waals surface area (Å²) >= 11 is 0. The zero-order chi connectivity index (χ0) is 17.4. The van der Waals surface area contributed by atoms with Crippen molar-refractivity contribution in [2.75, 3.05) is 5.32 Å². The topological polar surface area (TPSA) is 58.2 Å². The van der Waals surface area contributed by atoms with Crippen LogP contribution in [-0.4, -0.2) is 17.9 Å². The summed E-state index contributed by atoms with van der Waals surface area (Å²) in [6, 6.07) is 16.6. The van der Waals surface area contributed by atoms with Crippen molar-refractivity contribution in [3.8, 4) is 0 Å². The first kappa shape index (κ1) is 17.5. The van der Waals surface area contributed by atoms with Crippen LogP contribution in [0.4, 0.5) is 5.69 Å². The number of carbonyl (C=O) groups is 2. The van der Waals surface area contributed by atoms with E-state index in [2.05, 4.69) is 10.6 Å². The quantitative estimate of drug-likeness (QED) is 0.793. The van der Waals surface area contributed by atoms with Crippen LogP contribution in [-0.2, 0) is 4.79 Å². The molecule has 4 heteroatoms. The molecule has 0 unspecified atom stereocenters. The fourth-order valence-corrected chi connectivity index (χ4v) is 2.10. The molecule has 1 atom stereocenters. The summed E-state index contributed by atoms with van der Waals surface area (Å²) in [5.74, 6) is -0.463. The minimum atomic E-state index is -0.275. The molecule has 2 aromatic rings. The lowest BCUT2D eigenvalue weighted by atomic mass is 10.1. The maximum atomic E-state index is 12.3. The van der Waals surface area contributed by atoms with Gasteiger partial charge in [-0.15, -0.1) is 0 Å². The molecule has 0 fully saturated rings. The van der Waals surface area contributed by atoms with Crippen molar-refractivity contribution < 1.29 is 9.59 Å². The van der Waals surface area contributed by atoms with E-state index in [-0.39, 0.29) is 17.9 Å². The number of hydrogen-bond donors (Lipinski definition) is 2. The number of benzene rings is 2. The van der Waals surface area contributed by atoms with E-state index in [1.807, 2.05) is 44.2 Å². The van der Waals surface area contributed by atoms with Crippen LogP contribution < -0.4 is 10.6 Å². The highest BCUT2D eigenvalue weighted by atomic mass is 16.2. The Morgan fingerprint density at radius 2 is 1.71 bits per heavy atom. The lowest BCUT2D eigenvalue weighted by molar-refractivity contribution is -0.111. The SMILES string of the molecule is CC[C@@H](C)NC(=O)c1ccccc1NC(=O)/C=C/c1ccccc1. The van der Waals surface area contributed by atoms with E-state index in [1.165, 1.54) is 6.08 Å². The molecular weight excluding hydrogens is 300 g/mol. The van der Waals surface area contributed by atoms with E-state index < -0.39 is 0 Å². The van der Waals surface area contributed by atoms with Crippen molar-refractivity contribution in [3.63, 3.8) is 0 Å². The molecule has 4 nitrogen and oxygen atoms in total. The molecule has 2 N–H and O–H groups in total. The maximum absolute atomic E-state index is 12.3. The minimum absolute atomic E-state index is 0.0826. The average molecular weight is 322 g/mol. The fraction of sp³-hybridized carbons (Fsp3) is 0.200. The smallest absolute Gasteiger partial charge is 0.253 e. The van der Waals surface area contributed by atoms with Gasteiger partial charge in [0.2, 0.25) is 5.91 Å². The first-order chi connectivity index (χ1) is 11.6. The highest BCUT2D eigenvalue weighted by Gasteiger charge is 2.13. The standard InChI is InChI=1S/C20H22N2O2/c1-3-15(2)21-20(24)17-11-7-8-12-18(17)22-19(23)14-13-16-9-5-4-6-10-16/h4-15H,3H2,1-2H3,(H,21,24)(H,22,23)/b14-13+/t15-/m1/s1. The molecule has 0 aromatic heterocycles. The third-order valence-electron chi connectivity index (χ3n) is 3.65. The van der Waals surface area contributed by atoms with Crippen molar-refractivity contribution in [3.05, 3.63) is 71.8 Å². The second-order valence-electron chi connectivity index (χ2n) is 5.56. The number of nitrogens with one attached hydrogen (secondary N) is 2. The van der Waals surface area contributed by atoms with E-state index in [4.69, 9.17) is 0 Å². The zero-order valence-electron chi connectivity index (χ0n) is 14.0. The lowest BCUT2D eigenvalue weighted by Gasteiger charge is -2.14. The van der Waals surface area contributed by atoms with Crippen LogP contribution in [0.5, 0.6) is 0 Å². The van der Waals surface area contributed by atoms with E-state index in [0.717, 1.165) is 12.0 Å². The van der Waals surface area contributed by atoms with Crippen molar-refractivity contribution in [1.29, 1.82) is 0 Å². The molecule has 0 saturated carbocycles. The number of anilines is 1. The van der Waals surface area contributed by atoms with Gasteiger partial charge in [-0.25, -0.2) is 0 Å². The van der Waals surface area contributed by atoms with Gasteiger partial charge < -0.3 is 10.6 Å². The monoisotopic (exact) mass is 322 g/mol. The summed E-state index contributed by atoms with van der Waals surface area (Å²) in [5.41, 5.74) is 1.90. The van der Waals surface area contributed by atoms with E-state index in [9.17, 15) is 9.59 Å². The number of carbonyl (C=O) groups excluding carboxylic acids is 2. The second kappa shape index (κ2) is 8.67. The number of amides is 2. The molecule has 0 bridgehead atoms. The number of para-hydroxylation sites is 1. The summed E-state index contributed by atoms with van der Waals surface area (Å²) in [6.07, 6.45) is 4.04. The van der Waals surface area contributed by atoms with Crippen molar-refractivity contribution in [2.24, 2.45) is 0 Å². The van der Waals surface area contributed by atoms with Crippen molar-refractivity contribution >= 4 is 23.6 Å². The Morgan fingerprint density at radius 1 is 1.04 bits per heavy atom. The van der Waals surface area contributed by atoms with Gasteiger partial charge in [0.15, 0.2) is 0 Å². The minimum Gasteiger partial charge on any atom is -0.350 e. The number of hydrogen-bond acceptors (Lipinski definition) is 2. The van der Waals surface area contributed by atoms with Gasteiger partial charge in [-0.3, -0.25) is 9.59 Å². The van der Waals surface area contributed by atoms with Gasteiger partial charge in [-0.05, 0) is 37.1 Å². The van der Waals surface area contributed by atoms with Crippen molar-refractivity contribution in [2.45, 2.75) is 26.3 Å². The molecule has 0 radical (unpaired) electrons. The van der Waals surface area contributed by atoms with Crippen LogP contribution in [0.1, 0.15) is 36.2 Å². The highest BCUT2D eigenvalue weighted by Crippen LogP contribution is 2.15. The molecule has 0 aliphatic rings. The van der Waals surface area contributed by atoms with Gasteiger partial charge in [0.1, 0.15) is 0 Å². The molecule has 0 spiro atoms. The lowest BCUT2D eigenvalue weighted by Crippen LogP contribution is -2.32. The average Bonchev–Trinajstić information content (AvgIpc) is 2.61. The third kappa shape index (κ3) is 5.09. The van der Waals surface area contributed by atoms with Crippen LogP contribution in [0.3, 0.4) is 0 Å². The Balaban J connectivity index is 2.08. The molecule has 124 valence electrons. The molecule has 2 aromatic carbocycles. The van der Waals surface area contributed by atoms with Gasteiger partial charge in [0, 0.05) is 12.1 Å². The largest absolute Gasteiger partial charge is 0.350 e. The molecule has 0 saturated heterocycles. The van der Waals surface area contributed by atoms with Gasteiger partial charge in [0.05, 0.1) is 11.3 Å². The fourth-order valence-electron chi connectivity index (χ4n) is 2.10. The number of rotatable bonds is 6. The van der Waals surface area contributed by atoms with E-state index >= 15 is 0 Å². The van der Waals surface area contributed by atoms with E-state index in [0.29, 0.717) is 11.3 Å². The second-order valence-corrected chi connectivity index (χ2v) is 5.56. The molecule has 0 heterocycles. The summed E-state index contributed by atoms with van der Waals surface area (Å²) < 4.78 is 0. The van der Waals surface area contributed by atoms with Gasteiger partial charge in [0.25, 0.3) is 5.91 Å².